The fraction of sp³-hybridized carbons (Fsp3) is 0.625. The van der Waals surface area contributed by atoms with E-state index in [9.17, 15) is 0 Å². The van der Waals surface area contributed by atoms with Crippen LogP contribution in [0.4, 0.5) is 0 Å². The Bertz CT molecular complexity index is 439. The van der Waals surface area contributed by atoms with Crippen LogP contribution in [0.3, 0.4) is 0 Å². The van der Waals surface area contributed by atoms with Gasteiger partial charge in [0, 0.05) is 17.5 Å². The summed E-state index contributed by atoms with van der Waals surface area (Å²) in [5.41, 5.74) is 8.68. The molecule has 106 valence electrons. The normalized spacial score (nSPS) is 18.3. The molecular weight excluding hydrogens is 258 g/mol. The van der Waals surface area contributed by atoms with E-state index in [1.54, 1.807) is 7.11 Å². The van der Waals surface area contributed by atoms with E-state index in [-0.39, 0.29) is 5.41 Å². The lowest BCUT2D eigenvalue weighted by molar-refractivity contribution is 0.287. The van der Waals surface area contributed by atoms with Crippen molar-refractivity contribution in [1.82, 2.24) is 0 Å². The summed E-state index contributed by atoms with van der Waals surface area (Å²) in [7, 11) is 1.70. The summed E-state index contributed by atoms with van der Waals surface area (Å²) in [6.07, 6.45) is 7.07. The summed E-state index contributed by atoms with van der Waals surface area (Å²) in [5, 5.41) is 0.718. The van der Waals surface area contributed by atoms with Crippen LogP contribution in [0.15, 0.2) is 12.1 Å². The molecule has 0 aliphatic heterocycles. The molecule has 1 aliphatic carbocycles. The molecule has 2 N–H and O–H groups in total. The van der Waals surface area contributed by atoms with Crippen LogP contribution in [0, 0.1) is 0 Å². The number of rotatable bonds is 4. The summed E-state index contributed by atoms with van der Waals surface area (Å²) in [6.45, 7) is 2.82. The third-order valence-electron chi connectivity index (χ3n) is 4.49. The number of methoxy groups -OCH3 is 1. The van der Waals surface area contributed by atoms with Crippen molar-refractivity contribution >= 4 is 11.6 Å². The average Bonchev–Trinajstić information content (AvgIpc) is 2.47. The summed E-state index contributed by atoms with van der Waals surface area (Å²) in [4.78, 5) is 0. The first-order chi connectivity index (χ1) is 9.16. The Morgan fingerprint density at radius 2 is 1.95 bits per heavy atom. The highest BCUT2D eigenvalue weighted by Gasteiger charge is 2.35. The second-order valence-electron chi connectivity index (χ2n) is 5.56. The maximum atomic E-state index is 6.39. The van der Waals surface area contributed by atoms with Crippen molar-refractivity contribution in [2.45, 2.75) is 50.9 Å². The largest absolute Gasteiger partial charge is 0.495 e. The maximum absolute atomic E-state index is 6.39. The first kappa shape index (κ1) is 14.7. The predicted molar refractivity (Wildman–Crippen MR) is 81.2 cm³/mol. The van der Waals surface area contributed by atoms with Crippen molar-refractivity contribution in [2.24, 2.45) is 5.73 Å². The third kappa shape index (κ3) is 2.75. The number of halogens is 1. The Balaban J connectivity index is 2.54. The number of ether oxygens (including phenoxy) is 1. The SMILES string of the molecule is CCc1cc(Cl)c(OC)c(C2(CN)CCCCC2)c1. The van der Waals surface area contributed by atoms with E-state index in [2.05, 4.69) is 13.0 Å². The van der Waals surface area contributed by atoms with Crippen LogP contribution in [0.5, 0.6) is 5.75 Å². The molecule has 0 amide bonds. The van der Waals surface area contributed by atoms with Gasteiger partial charge >= 0.3 is 0 Å². The predicted octanol–water partition coefficient (Wildman–Crippen LogP) is 4.07. The molecule has 1 fully saturated rings. The van der Waals surface area contributed by atoms with Gasteiger partial charge in [-0.05, 0) is 30.9 Å². The van der Waals surface area contributed by atoms with Gasteiger partial charge in [0.1, 0.15) is 5.75 Å². The fourth-order valence-corrected chi connectivity index (χ4v) is 3.59. The molecule has 1 saturated carbocycles. The van der Waals surface area contributed by atoms with Gasteiger partial charge in [-0.1, -0.05) is 43.9 Å². The van der Waals surface area contributed by atoms with Gasteiger partial charge < -0.3 is 10.5 Å². The molecule has 19 heavy (non-hydrogen) atoms. The van der Waals surface area contributed by atoms with Gasteiger partial charge in [0.05, 0.1) is 12.1 Å². The molecule has 3 heteroatoms. The summed E-state index contributed by atoms with van der Waals surface area (Å²) < 4.78 is 5.57. The van der Waals surface area contributed by atoms with Crippen molar-refractivity contribution < 1.29 is 4.74 Å². The Hall–Kier alpha value is -0.730. The van der Waals surface area contributed by atoms with Crippen LogP contribution < -0.4 is 10.5 Å². The Morgan fingerprint density at radius 3 is 2.47 bits per heavy atom. The highest BCUT2D eigenvalue weighted by Crippen LogP contribution is 2.45. The van der Waals surface area contributed by atoms with Crippen LogP contribution in [0.2, 0.25) is 5.02 Å². The molecule has 0 radical (unpaired) electrons. The summed E-state index contributed by atoms with van der Waals surface area (Å²) in [5.74, 6) is 0.825. The molecule has 0 unspecified atom stereocenters. The maximum Gasteiger partial charge on any atom is 0.141 e. The van der Waals surface area contributed by atoms with Gasteiger partial charge in [0.25, 0.3) is 0 Å². The minimum atomic E-state index is 0.0540. The molecule has 0 spiro atoms. The van der Waals surface area contributed by atoms with Crippen molar-refractivity contribution in [3.8, 4) is 5.75 Å². The molecule has 0 atom stereocenters. The number of benzene rings is 1. The first-order valence-electron chi connectivity index (χ1n) is 7.24. The molecule has 0 saturated heterocycles. The molecule has 0 heterocycles. The minimum absolute atomic E-state index is 0.0540. The van der Waals surface area contributed by atoms with Gasteiger partial charge in [-0.3, -0.25) is 0 Å². The van der Waals surface area contributed by atoms with E-state index in [1.165, 1.54) is 30.4 Å². The summed E-state index contributed by atoms with van der Waals surface area (Å²) >= 11 is 6.39. The van der Waals surface area contributed by atoms with Crippen molar-refractivity contribution in [3.05, 3.63) is 28.3 Å². The van der Waals surface area contributed by atoms with Crippen LogP contribution in [-0.4, -0.2) is 13.7 Å². The molecule has 2 rings (SSSR count). The Labute approximate surface area is 121 Å². The van der Waals surface area contributed by atoms with E-state index in [0.29, 0.717) is 6.54 Å². The van der Waals surface area contributed by atoms with Crippen LogP contribution in [-0.2, 0) is 11.8 Å². The van der Waals surface area contributed by atoms with Crippen LogP contribution >= 0.6 is 11.6 Å². The van der Waals surface area contributed by atoms with E-state index in [4.69, 9.17) is 22.1 Å². The van der Waals surface area contributed by atoms with E-state index in [0.717, 1.165) is 30.0 Å². The lowest BCUT2D eigenvalue weighted by atomic mass is 9.69. The van der Waals surface area contributed by atoms with Crippen molar-refractivity contribution in [1.29, 1.82) is 0 Å². The molecule has 0 bridgehead atoms. The van der Waals surface area contributed by atoms with E-state index >= 15 is 0 Å². The third-order valence-corrected chi connectivity index (χ3v) is 4.77. The average molecular weight is 282 g/mol. The van der Waals surface area contributed by atoms with Gasteiger partial charge in [-0.15, -0.1) is 0 Å². The van der Waals surface area contributed by atoms with Gasteiger partial charge in [-0.25, -0.2) is 0 Å². The number of aryl methyl sites for hydroxylation is 1. The lowest BCUT2D eigenvalue weighted by Gasteiger charge is -2.38. The zero-order valence-corrected chi connectivity index (χ0v) is 12.7. The second-order valence-corrected chi connectivity index (χ2v) is 5.96. The molecule has 2 nitrogen and oxygen atoms in total. The quantitative estimate of drug-likeness (QED) is 0.903. The first-order valence-corrected chi connectivity index (χ1v) is 7.61. The van der Waals surface area contributed by atoms with Gasteiger partial charge in [0.2, 0.25) is 0 Å². The zero-order chi connectivity index (χ0) is 13.9. The molecule has 1 aliphatic rings. The second kappa shape index (κ2) is 6.15. The highest BCUT2D eigenvalue weighted by atomic mass is 35.5. The zero-order valence-electron chi connectivity index (χ0n) is 12.0. The van der Waals surface area contributed by atoms with Crippen molar-refractivity contribution in [2.75, 3.05) is 13.7 Å². The standard InChI is InChI=1S/C16H24ClNO/c1-3-12-9-13(15(19-2)14(17)10-12)16(11-18)7-5-4-6-8-16/h9-10H,3-8,11,18H2,1-2H3. The number of hydrogen-bond donors (Lipinski definition) is 1. The van der Waals surface area contributed by atoms with Gasteiger partial charge in [0.15, 0.2) is 0 Å². The number of nitrogens with two attached hydrogens (primary N) is 1. The topological polar surface area (TPSA) is 35.2 Å². The molecule has 1 aromatic carbocycles. The molecule has 1 aromatic rings. The molecular formula is C16H24ClNO. The van der Waals surface area contributed by atoms with Crippen LogP contribution in [0.25, 0.3) is 0 Å². The monoisotopic (exact) mass is 281 g/mol. The van der Waals surface area contributed by atoms with Crippen LogP contribution in [0.1, 0.15) is 50.2 Å². The van der Waals surface area contributed by atoms with Gasteiger partial charge in [-0.2, -0.15) is 0 Å². The Morgan fingerprint density at radius 1 is 1.26 bits per heavy atom. The fourth-order valence-electron chi connectivity index (χ4n) is 3.27. The van der Waals surface area contributed by atoms with E-state index < -0.39 is 0 Å². The Kier molecular flexibility index (Phi) is 4.75. The number of hydrogen-bond acceptors (Lipinski definition) is 2. The van der Waals surface area contributed by atoms with E-state index in [1.807, 2.05) is 6.07 Å². The lowest BCUT2D eigenvalue weighted by Crippen LogP contribution is -2.37. The molecule has 0 aromatic heterocycles. The smallest absolute Gasteiger partial charge is 0.141 e. The summed E-state index contributed by atoms with van der Waals surface area (Å²) in [6, 6.07) is 4.26. The highest BCUT2D eigenvalue weighted by molar-refractivity contribution is 6.32. The minimum Gasteiger partial charge on any atom is -0.495 e. The van der Waals surface area contributed by atoms with Crippen molar-refractivity contribution in [3.63, 3.8) is 0 Å².